The molecule has 0 amide bonds. The van der Waals surface area contributed by atoms with Crippen LogP contribution < -0.4 is 0 Å². The van der Waals surface area contributed by atoms with Crippen molar-refractivity contribution in [1.82, 2.24) is 0 Å². The summed E-state index contributed by atoms with van der Waals surface area (Å²) in [6, 6.07) is 0. The fourth-order valence-corrected chi connectivity index (χ4v) is 5.96. The first-order valence-electron chi connectivity index (χ1n) is 6.03. The van der Waals surface area contributed by atoms with Gasteiger partial charge in [-0.3, -0.25) is 0 Å². The molecule has 0 heterocycles. The summed E-state index contributed by atoms with van der Waals surface area (Å²) in [4.78, 5) is 0. The largest absolute Gasteiger partial charge is 0.0622 e. The molecule has 0 N–H and O–H groups in total. The van der Waals surface area contributed by atoms with E-state index in [2.05, 4.69) is 27.7 Å². The fourth-order valence-electron chi connectivity index (χ4n) is 5.96. The number of hydrogen-bond acceptors (Lipinski definition) is 0. The van der Waals surface area contributed by atoms with Crippen molar-refractivity contribution >= 4 is 0 Å². The highest BCUT2D eigenvalue weighted by Gasteiger charge is 2.81. The number of rotatable bonds is 1. The molecule has 3 saturated carbocycles. The van der Waals surface area contributed by atoms with Gasteiger partial charge >= 0.3 is 0 Å². The average Bonchev–Trinajstić information content (AvgIpc) is 2.48. The first kappa shape index (κ1) is 8.32. The summed E-state index contributed by atoms with van der Waals surface area (Å²) in [5.74, 6) is 4.22. The molecule has 4 unspecified atom stereocenters. The maximum Gasteiger partial charge on any atom is -0.0156 e. The van der Waals surface area contributed by atoms with E-state index in [1.165, 1.54) is 0 Å². The summed E-state index contributed by atoms with van der Waals surface area (Å²) >= 11 is 0. The Hall–Kier alpha value is 0. The van der Waals surface area contributed by atoms with Crippen LogP contribution >= 0.6 is 0 Å². The lowest BCUT2D eigenvalue weighted by atomic mass is 9.74. The summed E-state index contributed by atoms with van der Waals surface area (Å²) in [6.45, 7) is 9.98. The maximum absolute atomic E-state index is 2.53. The quantitative estimate of drug-likeness (QED) is 0.574. The molecule has 3 rings (SSSR count). The van der Waals surface area contributed by atoms with Crippen LogP contribution in [-0.2, 0) is 0 Å². The summed E-state index contributed by atoms with van der Waals surface area (Å²) < 4.78 is 0. The molecule has 0 aromatic heterocycles. The molecule has 0 aliphatic heterocycles. The van der Waals surface area contributed by atoms with Crippen LogP contribution in [0.25, 0.3) is 0 Å². The third-order valence-electron chi connectivity index (χ3n) is 5.90. The van der Waals surface area contributed by atoms with Crippen LogP contribution in [0.5, 0.6) is 0 Å². The Labute approximate surface area is 82.1 Å². The molecule has 0 heteroatoms. The van der Waals surface area contributed by atoms with Gasteiger partial charge in [-0.25, -0.2) is 0 Å². The molecule has 0 spiro atoms. The average molecular weight is 178 g/mol. The first-order valence-corrected chi connectivity index (χ1v) is 6.03. The van der Waals surface area contributed by atoms with Gasteiger partial charge in [0.05, 0.1) is 0 Å². The molecular weight excluding hydrogens is 156 g/mol. The Morgan fingerprint density at radius 2 is 1.85 bits per heavy atom. The minimum atomic E-state index is 0.686. The minimum absolute atomic E-state index is 0.686. The van der Waals surface area contributed by atoms with E-state index in [0.717, 1.165) is 29.1 Å². The Kier molecular flexibility index (Phi) is 1.27. The Balaban J connectivity index is 2.04. The molecule has 0 radical (unpaired) electrons. The van der Waals surface area contributed by atoms with Crippen molar-refractivity contribution < 1.29 is 0 Å². The van der Waals surface area contributed by atoms with Crippen molar-refractivity contribution in [2.45, 2.75) is 47.0 Å². The van der Waals surface area contributed by atoms with Crippen LogP contribution in [0, 0.1) is 34.5 Å². The van der Waals surface area contributed by atoms with E-state index in [-0.39, 0.29) is 0 Å². The third-order valence-corrected chi connectivity index (χ3v) is 5.90. The van der Waals surface area contributed by atoms with Gasteiger partial charge in [0.1, 0.15) is 0 Å². The molecule has 3 aliphatic carbocycles. The van der Waals surface area contributed by atoms with E-state index in [0.29, 0.717) is 5.41 Å². The normalized spacial score (nSPS) is 55.6. The van der Waals surface area contributed by atoms with Crippen molar-refractivity contribution in [3.63, 3.8) is 0 Å². The zero-order valence-corrected chi connectivity index (χ0v) is 9.43. The van der Waals surface area contributed by atoms with Gasteiger partial charge in [0.15, 0.2) is 0 Å². The van der Waals surface area contributed by atoms with Crippen molar-refractivity contribution in [3.05, 3.63) is 0 Å². The molecule has 4 atom stereocenters. The summed E-state index contributed by atoms with van der Waals surface area (Å²) in [5.41, 5.74) is 1.46. The Morgan fingerprint density at radius 1 is 1.15 bits per heavy atom. The molecule has 3 aliphatic rings. The number of fused-ring (bicyclic) bond motifs is 5. The van der Waals surface area contributed by atoms with Gasteiger partial charge in [0.25, 0.3) is 0 Å². The van der Waals surface area contributed by atoms with Crippen LogP contribution in [0.15, 0.2) is 0 Å². The highest BCUT2D eigenvalue weighted by atomic mass is 14.8. The van der Waals surface area contributed by atoms with Gasteiger partial charge in [0, 0.05) is 0 Å². The summed E-state index contributed by atoms with van der Waals surface area (Å²) in [5, 5.41) is 0. The molecule has 74 valence electrons. The zero-order valence-electron chi connectivity index (χ0n) is 9.43. The molecule has 2 bridgehead atoms. The summed E-state index contributed by atoms with van der Waals surface area (Å²) in [6.07, 6.45) is 4.67. The van der Waals surface area contributed by atoms with Crippen LogP contribution in [0.3, 0.4) is 0 Å². The lowest BCUT2D eigenvalue weighted by Crippen LogP contribution is -2.24. The minimum Gasteiger partial charge on any atom is -0.0622 e. The molecular formula is C13H22. The highest BCUT2D eigenvalue weighted by Crippen LogP contribution is 2.86. The van der Waals surface area contributed by atoms with E-state index in [4.69, 9.17) is 0 Å². The second-order valence-electron chi connectivity index (χ2n) is 6.56. The molecule has 0 saturated heterocycles. The van der Waals surface area contributed by atoms with Crippen molar-refractivity contribution in [3.8, 4) is 0 Å². The van der Waals surface area contributed by atoms with Gasteiger partial charge in [-0.05, 0) is 53.8 Å². The van der Waals surface area contributed by atoms with Crippen LogP contribution in [0.4, 0.5) is 0 Å². The molecule has 3 fully saturated rings. The van der Waals surface area contributed by atoms with Crippen molar-refractivity contribution in [2.24, 2.45) is 34.5 Å². The Morgan fingerprint density at radius 3 is 2.31 bits per heavy atom. The fraction of sp³-hybridized carbons (Fsp3) is 1.00. The lowest BCUT2D eigenvalue weighted by molar-refractivity contribution is 0.178. The summed E-state index contributed by atoms with van der Waals surface area (Å²) in [7, 11) is 0. The predicted molar refractivity (Wildman–Crippen MR) is 55.4 cm³/mol. The predicted octanol–water partition coefficient (Wildman–Crippen LogP) is 3.71. The van der Waals surface area contributed by atoms with Crippen molar-refractivity contribution in [2.75, 3.05) is 0 Å². The maximum atomic E-state index is 2.53. The third kappa shape index (κ3) is 0.620. The number of hydrogen-bond donors (Lipinski definition) is 0. The lowest BCUT2D eigenvalue weighted by Gasteiger charge is -2.30. The van der Waals surface area contributed by atoms with E-state index in [9.17, 15) is 0 Å². The zero-order chi connectivity index (χ0) is 9.43. The van der Waals surface area contributed by atoms with Crippen LogP contribution in [-0.4, -0.2) is 0 Å². The van der Waals surface area contributed by atoms with Crippen molar-refractivity contribution in [1.29, 1.82) is 0 Å². The molecule has 13 heavy (non-hydrogen) atoms. The van der Waals surface area contributed by atoms with Gasteiger partial charge < -0.3 is 0 Å². The monoisotopic (exact) mass is 178 g/mol. The Bertz CT molecular complexity index is 251. The van der Waals surface area contributed by atoms with Gasteiger partial charge in [-0.15, -0.1) is 0 Å². The van der Waals surface area contributed by atoms with Gasteiger partial charge in [0.2, 0.25) is 0 Å². The SMILES string of the molecule is CC(C)C12C3CCC(C3)C1C2(C)C. The molecule has 0 aromatic carbocycles. The van der Waals surface area contributed by atoms with Gasteiger partial charge in [-0.1, -0.05) is 27.7 Å². The van der Waals surface area contributed by atoms with Crippen LogP contribution in [0.2, 0.25) is 0 Å². The molecule has 0 nitrogen and oxygen atoms in total. The topological polar surface area (TPSA) is 0 Å². The van der Waals surface area contributed by atoms with Crippen LogP contribution in [0.1, 0.15) is 47.0 Å². The highest BCUT2D eigenvalue weighted by molar-refractivity contribution is 5.28. The van der Waals surface area contributed by atoms with E-state index >= 15 is 0 Å². The molecule has 0 aromatic rings. The second kappa shape index (κ2) is 1.99. The van der Waals surface area contributed by atoms with E-state index < -0.39 is 0 Å². The van der Waals surface area contributed by atoms with E-state index in [1.807, 2.05) is 0 Å². The standard InChI is InChI=1S/C13H22/c1-8(2)13-10-6-5-9(7-10)11(13)12(13,3)4/h8-11H,5-7H2,1-4H3. The second-order valence-corrected chi connectivity index (χ2v) is 6.56. The van der Waals surface area contributed by atoms with E-state index in [1.54, 1.807) is 19.3 Å². The first-order chi connectivity index (χ1) is 6.03. The van der Waals surface area contributed by atoms with Gasteiger partial charge in [-0.2, -0.15) is 0 Å². The smallest absolute Gasteiger partial charge is 0.0156 e.